The normalized spacial score (nSPS) is 11.0. The summed E-state index contributed by atoms with van der Waals surface area (Å²) in [4.78, 5) is 24.4. The molecule has 6 nitrogen and oxygen atoms in total. The van der Waals surface area contributed by atoms with Gasteiger partial charge in [-0.3, -0.25) is 4.79 Å². The van der Waals surface area contributed by atoms with Gasteiger partial charge in [0.2, 0.25) is 5.78 Å². The van der Waals surface area contributed by atoms with Gasteiger partial charge in [-0.2, -0.15) is 0 Å². The van der Waals surface area contributed by atoms with Crippen LogP contribution >= 0.6 is 11.9 Å². The second kappa shape index (κ2) is 10.3. The Labute approximate surface area is 212 Å². The number of carbonyl (C=O) groups excluding carboxylic acids is 1. The van der Waals surface area contributed by atoms with E-state index in [1.54, 1.807) is 0 Å². The van der Waals surface area contributed by atoms with Crippen molar-refractivity contribution in [3.05, 3.63) is 113 Å². The molecule has 0 fully saturated rings. The van der Waals surface area contributed by atoms with Crippen LogP contribution in [0.1, 0.15) is 21.5 Å². The lowest BCUT2D eigenvalue weighted by Gasteiger charge is -2.12. The Morgan fingerprint density at radius 2 is 1.73 bits per heavy atom. The summed E-state index contributed by atoms with van der Waals surface area (Å²) in [7, 11) is 0. The topological polar surface area (TPSA) is 82.7 Å². The number of H-pyrrole nitrogens is 1. The number of nitrogens with one attached hydrogen (secondary N) is 3. The maximum atomic E-state index is 15.4. The highest BCUT2D eigenvalue weighted by Gasteiger charge is 2.26. The Bertz CT molecular complexity index is 1610. The number of carbonyl (C=O) groups is 1. The standard InChI is InChI=1S/C26H17F4N5OS/c27-15-6-7-17(28)20(10-15)37-35-19-9-8-18(29)22(23(19)30)24(36)16-12-32-26-21(16)25(33-13-34-26)31-11-14-4-2-1-3-5-14/h1-10,12-13,35H,11H2,(H2,31,32,33,34). The highest BCUT2D eigenvalue weighted by molar-refractivity contribution is 8.00. The number of hydrogen-bond donors (Lipinski definition) is 3. The van der Waals surface area contributed by atoms with Crippen LogP contribution in [-0.4, -0.2) is 20.7 Å². The van der Waals surface area contributed by atoms with E-state index in [0.29, 0.717) is 30.0 Å². The van der Waals surface area contributed by atoms with E-state index >= 15 is 4.39 Å². The highest BCUT2D eigenvalue weighted by atomic mass is 32.2. The van der Waals surface area contributed by atoms with Crippen molar-refractivity contribution in [2.24, 2.45) is 0 Å². The summed E-state index contributed by atoms with van der Waals surface area (Å²) >= 11 is 0.587. The van der Waals surface area contributed by atoms with Crippen LogP contribution in [0.15, 0.2) is 78.1 Å². The zero-order valence-electron chi connectivity index (χ0n) is 18.9. The molecule has 2 aromatic heterocycles. The van der Waals surface area contributed by atoms with Crippen LogP contribution in [0.3, 0.4) is 0 Å². The van der Waals surface area contributed by atoms with E-state index in [0.717, 1.165) is 35.9 Å². The molecule has 0 aliphatic carbocycles. The fourth-order valence-electron chi connectivity index (χ4n) is 3.70. The van der Waals surface area contributed by atoms with Crippen LogP contribution in [0.5, 0.6) is 0 Å². The Hall–Kier alpha value is -4.38. The number of halogens is 4. The molecule has 0 radical (unpaired) electrons. The van der Waals surface area contributed by atoms with Crippen molar-refractivity contribution in [3.8, 4) is 0 Å². The summed E-state index contributed by atoms with van der Waals surface area (Å²) in [5.74, 6) is -4.30. The summed E-state index contributed by atoms with van der Waals surface area (Å²) in [5.41, 5.74) is 0.132. The van der Waals surface area contributed by atoms with E-state index in [1.165, 1.54) is 12.5 Å². The minimum absolute atomic E-state index is 0.0371. The molecule has 37 heavy (non-hydrogen) atoms. The summed E-state index contributed by atoms with van der Waals surface area (Å²) in [5, 5.41) is 3.41. The molecule has 0 spiro atoms. The summed E-state index contributed by atoms with van der Waals surface area (Å²) in [6, 6.07) is 14.2. The van der Waals surface area contributed by atoms with Gasteiger partial charge in [0.05, 0.1) is 27.1 Å². The van der Waals surface area contributed by atoms with Gasteiger partial charge in [-0.15, -0.1) is 0 Å². The number of aromatic amines is 1. The SMILES string of the molecule is O=C(c1c(F)ccc(NSc2cc(F)ccc2F)c1F)c1c[nH]c2ncnc(NCc3ccccc3)c12. The molecule has 0 amide bonds. The largest absolute Gasteiger partial charge is 0.365 e. The molecule has 3 N–H and O–H groups in total. The third-order valence-corrected chi connectivity index (χ3v) is 6.35. The van der Waals surface area contributed by atoms with Crippen molar-refractivity contribution in [1.29, 1.82) is 0 Å². The van der Waals surface area contributed by atoms with E-state index in [-0.39, 0.29) is 21.5 Å². The molecule has 0 aliphatic rings. The molecule has 11 heteroatoms. The van der Waals surface area contributed by atoms with Crippen LogP contribution in [0.2, 0.25) is 0 Å². The lowest BCUT2D eigenvalue weighted by molar-refractivity contribution is 0.103. The summed E-state index contributed by atoms with van der Waals surface area (Å²) in [6.45, 7) is 0.391. The fourth-order valence-corrected chi connectivity index (χ4v) is 4.41. The van der Waals surface area contributed by atoms with Crippen LogP contribution in [0.4, 0.5) is 29.1 Å². The molecular formula is C26H17F4N5OS. The van der Waals surface area contributed by atoms with Crippen LogP contribution in [0.25, 0.3) is 11.0 Å². The number of ketones is 1. The summed E-state index contributed by atoms with van der Waals surface area (Å²) < 4.78 is 60.0. The average Bonchev–Trinajstić information content (AvgIpc) is 3.34. The molecule has 0 bridgehead atoms. The average molecular weight is 524 g/mol. The van der Waals surface area contributed by atoms with Gasteiger partial charge in [-0.05, 0) is 47.8 Å². The van der Waals surface area contributed by atoms with Gasteiger partial charge in [-0.1, -0.05) is 30.3 Å². The number of rotatable bonds is 8. The van der Waals surface area contributed by atoms with Crippen LogP contribution in [0, 0.1) is 23.3 Å². The quantitative estimate of drug-likeness (QED) is 0.123. The zero-order chi connectivity index (χ0) is 25.9. The Balaban J connectivity index is 1.46. The number of anilines is 2. The van der Waals surface area contributed by atoms with Gasteiger partial charge in [-0.25, -0.2) is 27.5 Å². The highest BCUT2D eigenvalue weighted by Crippen LogP contribution is 2.32. The van der Waals surface area contributed by atoms with Gasteiger partial charge < -0.3 is 15.0 Å². The first kappa shape index (κ1) is 24.3. The molecule has 0 atom stereocenters. The number of nitrogens with zero attached hydrogens (tertiary/aromatic N) is 2. The third kappa shape index (κ3) is 4.98. The van der Waals surface area contributed by atoms with Gasteiger partial charge in [0.15, 0.2) is 5.82 Å². The number of fused-ring (bicyclic) bond motifs is 1. The Morgan fingerprint density at radius 1 is 0.946 bits per heavy atom. The lowest BCUT2D eigenvalue weighted by atomic mass is 10.0. The minimum Gasteiger partial charge on any atom is -0.365 e. The van der Waals surface area contributed by atoms with Crippen molar-refractivity contribution in [1.82, 2.24) is 15.0 Å². The number of hydrogen-bond acceptors (Lipinski definition) is 6. The Kier molecular flexibility index (Phi) is 6.78. The van der Waals surface area contributed by atoms with E-state index in [2.05, 4.69) is 25.0 Å². The number of benzene rings is 3. The lowest BCUT2D eigenvalue weighted by Crippen LogP contribution is -2.10. The van der Waals surface area contributed by atoms with E-state index in [9.17, 15) is 18.0 Å². The predicted molar refractivity (Wildman–Crippen MR) is 133 cm³/mol. The maximum Gasteiger partial charge on any atom is 0.201 e. The Morgan fingerprint density at radius 3 is 2.54 bits per heavy atom. The van der Waals surface area contributed by atoms with Crippen molar-refractivity contribution in [3.63, 3.8) is 0 Å². The first-order valence-electron chi connectivity index (χ1n) is 10.9. The van der Waals surface area contributed by atoms with Gasteiger partial charge >= 0.3 is 0 Å². The fraction of sp³-hybridized carbons (Fsp3) is 0.0385. The van der Waals surface area contributed by atoms with Gasteiger partial charge in [0.1, 0.15) is 35.2 Å². The van der Waals surface area contributed by atoms with E-state index < -0.39 is 34.6 Å². The van der Waals surface area contributed by atoms with Crippen molar-refractivity contribution in [2.75, 3.05) is 10.0 Å². The molecule has 5 rings (SSSR count). The monoisotopic (exact) mass is 523 g/mol. The van der Waals surface area contributed by atoms with Crippen LogP contribution in [-0.2, 0) is 6.54 Å². The molecule has 2 heterocycles. The van der Waals surface area contributed by atoms with Crippen molar-refractivity contribution < 1.29 is 22.4 Å². The molecule has 0 saturated carbocycles. The van der Waals surface area contributed by atoms with Crippen molar-refractivity contribution >= 4 is 40.3 Å². The molecule has 186 valence electrons. The second-order valence-electron chi connectivity index (χ2n) is 7.88. The van der Waals surface area contributed by atoms with E-state index in [1.807, 2.05) is 30.3 Å². The number of aromatic nitrogens is 3. The molecular weight excluding hydrogens is 506 g/mol. The van der Waals surface area contributed by atoms with Crippen molar-refractivity contribution in [2.45, 2.75) is 11.4 Å². The molecule has 5 aromatic rings. The minimum atomic E-state index is -1.18. The predicted octanol–water partition coefficient (Wildman–Crippen LogP) is 6.48. The first-order valence-corrected chi connectivity index (χ1v) is 11.7. The third-order valence-electron chi connectivity index (χ3n) is 5.50. The smallest absolute Gasteiger partial charge is 0.201 e. The first-order chi connectivity index (χ1) is 17.9. The second-order valence-corrected chi connectivity index (χ2v) is 8.73. The molecule has 0 unspecified atom stereocenters. The van der Waals surface area contributed by atoms with Crippen LogP contribution < -0.4 is 10.0 Å². The molecule has 0 aliphatic heterocycles. The molecule has 0 saturated heterocycles. The maximum absolute atomic E-state index is 15.4. The summed E-state index contributed by atoms with van der Waals surface area (Å²) in [6.07, 6.45) is 2.61. The zero-order valence-corrected chi connectivity index (χ0v) is 19.7. The van der Waals surface area contributed by atoms with Gasteiger partial charge in [0, 0.05) is 12.7 Å². The molecule has 3 aromatic carbocycles. The van der Waals surface area contributed by atoms with E-state index in [4.69, 9.17) is 0 Å². The van der Waals surface area contributed by atoms with Gasteiger partial charge in [0.25, 0.3) is 0 Å².